The van der Waals surface area contributed by atoms with Gasteiger partial charge >= 0.3 is 0 Å². The van der Waals surface area contributed by atoms with Gasteiger partial charge in [0.2, 0.25) is 0 Å². The van der Waals surface area contributed by atoms with E-state index >= 15 is 0 Å². The van der Waals surface area contributed by atoms with E-state index in [1.54, 1.807) is 6.07 Å². The molecule has 1 heterocycles. The number of hydrogen-bond acceptors (Lipinski definition) is 3. The molecule has 1 atom stereocenters. The molecular formula is C12H16FNOS. The van der Waals surface area contributed by atoms with Crippen LogP contribution in [0.3, 0.4) is 0 Å². The number of thioether (sulfide) groups is 1. The van der Waals surface area contributed by atoms with Gasteiger partial charge in [-0.2, -0.15) is 0 Å². The summed E-state index contributed by atoms with van der Waals surface area (Å²) in [5, 5.41) is 3.25. The van der Waals surface area contributed by atoms with Crippen molar-refractivity contribution in [1.29, 1.82) is 0 Å². The summed E-state index contributed by atoms with van der Waals surface area (Å²) in [5.74, 6) is 0.406. The van der Waals surface area contributed by atoms with Crippen LogP contribution < -0.4 is 5.32 Å². The molecule has 0 aromatic heterocycles. The Hall–Kier alpha value is -0.740. The first kappa shape index (κ1) is 11.7. The summed E-state index contributed by atoms with van der Waals surface area (Å²) in [4.78, 5) is 0.690. The fourth-order valence-electron chi connectivity index (χ4n) is 1.78. The highest BCUT2D eigenvalue weighted by Gasteiger charge is 2.15. The Morgan fingerprint density at radius 1 is 1.56 bits per heavy atom. The summed E-state index contributed by atoms with van der Waals surface area (Å²) in [5.41, 5.74) is 0.849. The zero-order valence-corrected chi connectivity index (χ0v) is 10.1. The van der Waals surface area contributed by atoms with E-state index in [2.05, 4.69) is 5.32 Å². The number of anilines is 1. The molecule has 1 unspecified atom stereocenters. The predicted molar refractivity (Wildman–Crippen MR) is 65.6 cm³/mol. The van der Waals surface area contributed by atoms with Crippen LogP contribution in [0.25, 0.3) is 0 Å². The lowest BCUT2D eigenvalue weighted by Gasteiger charge is -2.11. The van der Waals surface area contributed by atoms with E-state index in [1.807, 2.05) is 18.4 Å². The molecule has 1 saturated heterocycles. The Kier molecular flexibility index (Phi) is 4.07. The largest absolute Gasteiger partial charge is 0.385 e. The van der Waals surface area contributed by atoms with Crippen LogP contribution in [0.5, 0.6) is 0 Å². The fraction of sp³-hybridized carbons (Fsp3) is 0.500. The van der Waals surface area contributed by atoms with Crippen LogP contribution >= 0.6 is 11.8 Å². The van der Waals surface area contributed by atoms with Crippen molar-refractivity contribution in [3.8, 4) is 0 Å². The van der Waals surface area contributed by atoms with Gasteiger partial charge in [0.05, 0.1) is 6.61 Å². The van der Waals surface area contributed by atoms with E-state index in [4.69, 9.17) is 4.74 Å². The molecule has 0 radical (unpaired) electrons. The van der Waals surface area contributed by atoms with Crippen LogP contribution in [-0.2, 0) is 4.74 Å². The summed E-state index contributed by atoms with van der Waals surface area (Å²) < 4.78 is 18.8. The number of benzene rings is 1. The van der Waals surface area contributed by atoms with Crippen molar-refractivity contribution < 1.29 is 9.13 Å². The van der Waals surface area contributed by atoms with E-state index in [0.717, 1.165) is 31.9 Å². The second-order valence-corrected chi connectivity index (χ2v) is 4.81. The molecule has 1 aromatic rings. The summed E-state index contributed by atoms with van der Waals surface area (Å²) in [7, 11) is 0. The van der Waals surface area contributed by atoms with Crippen LogP contribution in [-0.4, -0.2) is 26.0 Å². The van der Waals surface area contributed by atoms with E-state index in [0.29, 0.717) is 10.8 Å². The topological polar surface area (TPSA) is 21.3 Å². The monoisotopic (exact) mass is 241 g/mol. The Balaban J connectivity index is 1.91. The zero-order chi connectivity index (χ0) is 11.4. The van der Waals surface area contributed by atoms with Gasteiger partial charge < -0.3 is 10.1 Å². The Bertz CT molecular complexity index is 353. The quantitative estimate of drug-likeness (QED) is 0.819. The Labute approximate surface area is 99.6 Å². The zero-order valence-electron chi connectivity index (χ0n) is 9.33. The highest BCUT2D eigenvalue weighted by molar-refractivity contribution is 7.98. The fourth-order valence-corrected chi connectivity index (χ4v) is 2.24. The van der Waals surface area contributed by atoms with E-state index < -0.39 is 0 Å². The van der Waals surface area contributed by atoms with E-state index in [-0.39, 0.29) is 5.82 Å². The number of nitrogens with one attached hydrogen (secondary N) is 1. The number of rotatable bonds is 4. The SMILES string of the molecule is CSc1ccc(NCC2CCOC2)cc1F. The van der Waals surface area contributed by atoms with Crippen molar-refractivity contribution in [2.45, 2.75) is 11.3 Å². The minimum Gasteiger partial charge on any atom is -0.385 e. The minimum atomic E-state index is -0.153. The third kappa shape index (κ3) is 2.89. The van der Waals surface area contributed by atoms with Crippen molar-refractivity contribution in [1.82, 2.24) is 0 Å². The smallest absolute Gasteiger partial charge is 0.138 e. The molecule has 1 N–H and O–H groups in total. The molecule has 0 bridgehead atoms. The van der Waals surface area contributed by atoms with E-state index in [9.17, 15) is 4.39 Å². The maximum absolute atomic E-state index is 13.5. The van der Waals surface area contributed by atoms with Gasteiger partial charge in [-0.05, 0) is 30.9 Å². The molecule has 1 fully saturated rings. The standard InChI is InChI=1S/C12H16FNOS/c1-16-12-3-2-10(6-11(12)13)14-7-9-4-5-15-8-9/h2-3,6,9,14H,4-5,7-8H2,1H3. The lowest BCUT2D eigenvalue weighted by molar-refractivity contribution is 0.187. The van der Waals surface area contributed by atoms with E-state index in [1.165, 1.54) is 11.8 Å². The van der Waals surface area contributed by atoms with Gasteiger partial charge in [-0.3, -0.25) is 0 Å². The lowest BCUT2D eigenvalue weighted by Crippen LogP contribution is -2.14. The van der Waals surface area contributed by atoms with Gasteiger partial charge in [0.1, 0.15) is 5.82 Å². The maximum atomic E-state index is 13.5. The molecule has 2 nitrogen and oxygen atoms in total. The summed E-state index contributed by atoms with van der Waals surface area (Å²) in [6.07, 6.45) is 2.97. The van der Waals surface area contributed by atoms with Gasteiger partial charge in [0, 0.05) is 29.7 Å². The first-order chi connectivity index (χ1) is 7.79. The molecule has 0 spiro atoms. The van der Waals surface area contributed by atoms with Crippen LogP contribution in [0.4, 0.5) is 10.1 Å². The van der Waals surface area contributed by atoms with Crippen molar-refractivity contribution in [2.24, 2.45) is 5.92 Å². The Morgan fingerprint density at radius 3 is 3.06 bits per heavy atom. The highest BCUT2D eigenvalue weighted by Crippen LogP contribution is 2.22. The van der Waals surface area contributed by atoms with Crippen molar-refractivity contribution in [3.63, 3.8) is 0 Å². The second kappa shape index (κ2) is 5.55. The van der Waals surface area contributed by atoms with Crippen LogP contribution in [0.2, 0.25) is 0 Å². The molecule has 0 aliphatic carbocycles. The molecule has 16 heavy (non-hydrogen) atoms. The predicted octanol–water partition coefficient (Wildman–Crippen LogP) is 3.00. The van der Waals surface area contributed by atoms with Crippen molar-refractivity contribution >= 4 is 17.4 Å². The molecule has 1 aliphatic rings. The third-order valence-corrected chi connectivity index (χ3v) is 3.54. The molecule has 0 saturated carbocycles. The van der Waals surface area contributed by atoms with Crippen molar-refractivity contribution in [3.05, 3.63) is 24.0 Å². The summed E-state index contributed by atoms with van der Waals surface area (Å²) in [6.45, 7) is 2.53. The number of halogens is 1. The maximum Gasteiger partial charge on any atom is 0.138 e. The molecule has 1 aromatic carbocycles. The second-order valence-electron chi connectivity index (χ2n) is 3.96. The van der Waals surface area contributed by atoms with Gasteiger partial charge in [-0.25, -0.2) is 4.39 Å². The third-order valence-electron chi connectivity index (χ3n) is 2.77. The van der Waals surface area contributed by atoms with Crippen LogP contribution in [0.15, 0.2) is 23.1 Å². The van der Waals surface area contributed by atoms with Crippen LogP contribution in [0, 0.1) is 11.7 Å². The van der Waals surface area contributed by atoms with Crippen LogP contribution in [0.1, 0.15) is 6.42 Å². The average molecular weight is 241 g/mol. The minimum absolute atomic E-state index is 0.153. The van der Waals surface area contributed by atoms with Crippen molar-refractivity contribution in [2.75, 3.05) is 31.3 Å². The lowest BCUT2D eigenvalue weighted by atomic mass is 10.1. The van der Waals surface area contributed by atoms with Gasteiger partial charge in [0.25, 0.3) is 0 Å². The molecular weight excluding hydrogens is 225 g/mol. The first-order valence-electron chi connectivity index (χ1n) is 5.45. The number of hydrogen-bond donors (Lipinski definition) is 1. The van der Waals surface area contributed by atoms with Gasteiger partial charge in [0.15, 0.2) is 0 Å². The molecule has 0 amide bonds. The normalized spacial score (nSPS) is 20.0. The Morgan fingerprint density at radius 2 is 2.44 bits per heavy atom. The first-order valence-corrected chi connectivity index (χ1v) is 6.67. The molecule has 1 aliphatic heterocycles. The highest BCUT2D eigenvalue weighted by atomic mass is 32.2. The summed E-state index contributed by atoms with van der Waals surface area (Å²) in [6, 6.07) is 5.29. The van der Waals surface area contributed by atoms with Gasteiger partial charge in [-0.1, -0.05) is 0 Å². The average Bonchev–Trinajstić information content (AvgIpc) is 2.79. The van der Waals surface area contributed by atoms with Gasteiger partial charge in [-0.15, -0.1) is 11.8 Å². The summed E-state index contributed by atoms with van der Waals surface area (Å²) >= 11 is 1.42. The molecule has 4 heteroatoms. The molecule has 2 rings (SSSR count). The molecule has 88 valence electrons. The number of ether oxygens (including phenoxy) is 1.